The monoisotopic (exact) mass is 467 g/mol. The van der Waals surface area contributed by atoms with Crippen molar-refractivity contribution in [2.75, 3.05) is 6.67 Å². The van der Waals surface area contributed by atoms with E-state index in [4.69, 9.17) is 16.6 Å². The predicted octanol–water partition coefficient (Wildman–Crippen LogP) is 5.13. The number of rotatable bonds is 7. The van der Waals surface area contributed by atoms with Crippen molar-refractivity contribution in [3.8, 4) is 5.69 Å². The molecule has 0 saturated heterocycles. The van der Waals surface area contributed by atoms with Gasteiger partial charge in [-0.05, 0) is 61.4 Å². The number of halogens is 3. The summed E-state index contributed by atoms with van der Waals surface area (Å²) in [4.78, 5) is 22.4. The average Bonchev–Trinajstić information content (AvgIpc) is 3.29. The molecule has 0 unspecified atom stereocenters. The Morgan fingerprint density at radius 2 is 1.76 bits per heavy atom. The van der Waals surface area contributed by atoms with Gasteiger partial charge in [0.05, 0.1) is 47.2 Å². The molecule has 0 N–H and O–H groups in total. The molecule has 0 aliphatic heterocycles. The van der Waals surface area contributed by atoms with Crippen LogP contribution in [0.3, 0.4) is 0 Å². The Labute approximate surface area is 192 Å². The van der Waals surface area contributed by atoms with Crippen molar-refractivity contribution in [2.24, 2.45) is 0 Å². The van der Waals surface area contributed by atoms with Gasteiger partial charge in [-0.2, -0.15) is 0 Å². The molecule has 0 bridgehead atoms. The number of benzene rings is 2. The Morgan fingerprint density at radius 3 is 2.55 bits per heavy atom. The van der Waals surface area contributed by atoms with E-state index in [-0.39, 0.29) is 24.7 Å². The molecule has 3 heterocycles. The van der Waals surface area contributed by atoms with Crippen LogP contribution < -0.4 is 5.69 Å². The molecular formula is C24H20ClF2N5O. The molecule has 0 aliphatic rings. The number of hydrogen-bond donors (Lipinski definition) is 0. The van der Waals surface area contributed by atoms with Crippen molar-refractivity contribution >= 4 is 33.7 Å². The van der Waals surface area contributed by atoms with E-state index >= 15 is 0 Å². The van der Waals surface area contributed by atoms with Crippen molar-refractivity contribution in [1.82, 2.24) is 23.7 Å². The first-order valence-electron chi connectivity index (χ1n) is 10.6. The van der Waals surface area contributed by atoms with E-state index < -0.39 is 0 Å². The Kier molecular flexibility index (Phi) is 5.68. The number of nitrogens with zero attached hydrogens (tertiary/aromatic N) is 5. The van der Waals surface area contributed by atoms with Crippen LogP contribution in [0.4, 0.5) is 8.78 Å². The molecule has 9 heteroatoms. The molecular weight excluding hydrogens is 448 g/mol. The molecule has 6 nitrogen and oxygen atoms in total. The van der Waals surface area contributed by atoms with Gasteiger partial charge in [0, 0.05) is 17.8 Å². The van der Waals surface area contributed by atoms with Gasteiger partial charge in [-0.1, -0.05) is 11.6 Å². The molecule has 0 saturated carbocycles. The third-order valence-electron chi connectivity index (χ3n) is 5.67. The van der Waals surface area contributed by atoms with Crippen LogP contribution >= 0.6 is 11.6 Å². The second-order valence-corrected chi connectivity index (χ2v) is 8.19. The highest BCUT2D eigenvalue weighted by Crippen LogP contribution is 2.23. The molecule has 5 aromatic rings. The fraction of sp³-hybridized carbons (Fsp3) is 0.208. The van der Waals surface area contributed by atoms with E-state index in [2.05, 4.69) is 4.98 Å². The van der Waals surface area contributed by atoms with Crippen LogP contribution in [0.15, 0.2) is 65.7 Å². The zero-order chi connectivity index (χ0) is 22.9. The summed E-state index contributed by atoms with van der Waals surface area (Å²) in [7, 11) is 0. The van der Waals surface area contributed by atoms with Gasteiger partial charge in [-0.3, -0.25) is 18.5 Å². The Balaban J connectivity index is 1.66. The van der Waals surface area contributed by atoms with Gasteiger partial charge in [-0.25, -0.2) is 14.2 Å². The summed E-state index contributed by atoms with van der Waals surface area (Å²) in [5.74, 6) is 0.285. The van der Waals surface area contributed by atoms with Crippen molar-refractivity contribution in [2.45, 2.75) is 25.9 Å². The van der Waals surface area contributed by atoms with Crippen LogP contribution in [0.5, 0.6) is 0 Å². The highest BCUT2D eigenvalue weighted by molar-refractivity contribution is 6.31. The van der Waals surface area contributed by atoms with Crippen molar-refractivity contribution in [3.63, 3.8) is 0 Å². The SMILES string of the molecule is O=c1n(Cc2nc3cc(Cl)ccc3n2CCCCF)c2cnccc2n1-c1ccc(F)cc1. The summed E-state index contributed by atoms with van der Waals surface area (Å²) in [6, 6.07) is 13.0. The number of alkyl halides is 1. The molecule has 0 aliphatic carbocycles. The maximum atomic E-state index is 13.5. The first-order chi connectivity index (χ1) is 16.1. The van der Waals surface area contributed by atoms with Crippen LogP contribution in [-0.2, 0) is 13.1 Å². The molecule has 0 atom stereocenters. The van der Waals surface area contributed by atoms with Crippen molar-refractivity contribution < 1.29 is 8.78 Å². The molecule has 0 radical (unpaired) electrons. The van der Waals surface area contributed by atoms with Crippen LogP contribution in [0.25, 0.3) is 27.8 Å². The third kappa shape index (κ3) is 3.91. The van der Waals surface area contributed by atoms with E-state index in [1.165, 1.54) is 16.7 Å². The van der Waals surface area contributed by atoms with Gasteiger partial charge in [0.1, 0.15) is 11.6 Å². The van der Waals surface area contributed by atoms with Gasteiger partial charge in [0.15, 0.2) is 0 Å². The van der Waals surface area contributed by atoms with Crippen LogP contribution in [0.2, 0.25) is 5.02 Å². The average molecular weight is 468 g/mol. The van der Waals surface area contributed by atoms with E-state index in [0.29, 0.717) is 52.5 Å². The second kappa shape index (κ2) is 8.78. The number of aromatic nitrogens is 5. The first kappa shape index (κ1) is 21.3. The predicted molar refractivity (Wildman–Crippen MR) is 124 cm³/mol. The molecule has 168 valence electrons. The van der Waals surface area contributed by atoms with Crippen molar-refractivity contribution in [1.29, 1.82) is 0 Å². The Hall–Kier alpha value is -3.52. The third-order valence-corrected chi connectivity index (χ3v) is 5.91. The lowest BCUT2D eigenvalue weighted by atomic mass is 10.3. The summed E-state index contributed by atoms with van der Waals surface area (Å²) in [6.07, 6.45) is 4.33. The summed E-state index contributed by atoms with van der Waals surface area (Å²) in [5.41, 5.74) is 3.15. The summed E-state index contributed by atoms with van der Waals surface area (Å²) >= 11 is 6.16. The van der Waals surface area contributed by atoms with Crippen LogP contribution in [-0.4, -0.2) is 30.3 Å². The molecule has 2 aromatic carbocycles. The van der Waals surface area contributed by atoms with Crippen LogP contribution in [0, 0.1) is 5.82 Å². The van der Waals surface area contributed by atoms with E-state index in [9.17, 15) is 13.6 Å². The fourth-order valence-corrected chi connectivity index (χ4v) is 4.29. The zero-order valence-corrected chi connectivity index (χ0v) is 18.3. The minimum Gasteiger partial charge on any atom is -0.326 e. The number of pyridine rings is 1. The first-order valence-corrected chi connectivity index (χ1v) is 11.0. The number of imidazole rings is 2. The van der Waals surface area contributed by atoms with Gasteiger partial charge in [0.25, 0.3) is 0 Å². The van der Waals surface area contributed by atoms with Gasteiger partial charge in [-0.15, -0.1) is 0 Å². The largest absolute Gasteiger partial charge is 0.334 e. The highest BCUT2D eigenvalue weighted by Gasteiger charge is 2.18. The normalized spacial score (nSPS) is 11.6. The molecule has 3 aromatic heterocycles. The van der Waals surface area contributed by atoms with E-state index in [1.807, 2.05) is 10.6 Å². The maximum Gasteiger partial charge on any atom is 0.334 e. The number of unbranched alkanes of at least 4 members (excludes halogenated alkanes) is 1. The molecule has 33 heavy (non-hydrogen) atoms. The fourth-order valence-electron chi connectivity index (χ4n) is 4.12. The Morgan fingerprint density at radius 1 is 0.939 bits per heavy atom. The van der Waals surface area contributed by atoms with Gasteiger partial charge >= 0.3 is 5.69 Å². The van der Waals surface area contributed by atoms with E-state index in [0.717, 1.165) is 5.52 Å². The number of fused-ring (bicyclic) bond motifs is 2. The quantitative estimate of drug-likeness (QED) is 0.312. The molecule has 0 spiro atoms. The number of hydrogen-bond acceptors (Lipinski definition) is 3. The maximum absolute atomic E-state index is 13.5. The lowest BCUT2D eigenvalue weighted by Gasteiger charge is -2.09. The number of aryl methyl sites for hydroxylation is 1. The highest BCUT2D eigenvalue weighted by atomic mass is 35.5. The summed E-state index contributed by atoms with van der Waals surface area (Å²) in [5, 5.41) is 0.566. The van der Waals surface area contributed by atoms with E-state index in [1.54, 1.807) is 47.3 Å². The topological polar surface area (TPSA) is 57.6 Å². The Bertz CT molecular complexity index is 1500. The smallest absolute Gasteiger partial charge is 0.326 e. The second-order valence-electron chi connectivity index (χ2n) is 7.75. The van der Waals surface area contributed by atoms with Crippen molar-refractivity contribution in [3.05, 3.63) is 88.1 Å². The lowest BCUT2D eigenvalue weighted by Crippen LogP contribution is -2.25. The molecule has 5 rings (SSSR count). The van der Waals surface area contributed by atoms with Crippen LogP contribution in [0.1, 0.15) is 18.7 Å². The lowest BCUT2D eigenvalue weighted by molar-refractivity contribution is 0.446. The summed E-state index contributed by atoms with van der Waals surface area (Å²) < 4.78 is 31.3. The standard InChI is InChI=1S/C24H20ClF2N5O/c25-16-3-8-20-19(13-16)29-23(30(20)12-2-1-10-26)15-31-22-14-28-11-9-21(22)32(24(31)33)18-6-4-17(27)5-7-18/h3-9,11,13-14H,1-2,10,12,15H2. The minimum absolute atomic E-state index is 0.192. The van der Waals surface area contributed by atoms with Gasteiger partial charge in [0.2, 0.25) is 0 Å². The molecule has 0 fully saturated rings. The van der Waals surface area contributed by atoms with Gasteiger partial charge < -0.3 is 4.57 Å². The minimum atomic E-state index is -0.385. The molecule has 0 amide bonds. The summed E-state index contributed by atoms with van der Waals surface area (Å²) in [6.45, 7) is 0.377. The zero-order valence-electron chi connectivity index (χ0n) is 17.6.